The molecular formula is C18H18ClN3O3. The number of benzene rings is 2. The maximum Gasteiger partial charge on any atom is 0.251 e. The van der Waals surface area contributed by atoms with Gasteiger partial charge in [0.1, 0.15) is 6.04 Å². The minimum Gasteiger partial charge on any atom is -0.355 e. The number of halogens is 1. The van der Waals surface area contributed by atoms with E-state index in [1.54, 1.807) is 62.5 Å². The quantitative estimate of drug-likeness (QED) is 0.766. The summed E-state index contributed by atoms with van der Waals surface area (Å²) in [4.78, 5) is 35.8. The second kappa shape index (κ2) is 8.30. The van der Waals surface area contributed by atoms with Crippen LogP contribution in [0.4, 0.5) is 5.69 Å². The zero-order valence-corrected chi connectivity index (χ0v) is 14.6. The number of amides is 3. The standard InChI is InChI=1S/C18H18ClN3O3/c1-11(21-18(25)13-3-7-14(19)8-4-13)16(23)22-15-9-5-12(6-10-15)17(24)20-2/h3-11H,1-2H3,(H,20,24)(H,21,25)(H,22,23). The first kappa shape index (κ1) is 18.5. The minimum atomic E-state index is -0.734. The molecule has 130 valence electrons. The van der Waals surface area contributed by atoms with Crippen molar-refractivity contribution in [3.63, 3.8) is 0 Å². The molecule has 25 heavy (non-hydrogen) atoms. The molecule has 2 rings (SSSR count). The van der Waals surface area contributed by atoms with Crippen molar-refractivity contribution < 1.29 is 14.4 Å². The van der Waals surface area contributed by atoms with Crippen molar-refractivity contribution in [2.24, 2.45) is 0 Å². The number of anilines is 1. The fourth-order valence-corrected chi connectivity index (χ4v) is 2.17. The summed E-state index contributed by atoms with van der Waals surface area (Å²) < 4.78 is 0. The van der Waals surface area contributed by atoms with Crippen molar-refractivity contribution in [1.82, 2.24) is 10.6 Å². The Bertz CT molecular complexity index is 773. The van der Waals surface area contributed by atoms with E-state index in [2.05, 4.69) is 16.0 Å². The molecule has 0 saturated heterocycles. The Labute approximate surface area is 150 Å². The predicted octanol–water partition coefficient (Wildman–Crippen LogP) is 2.46. The van der Waals surface area contributed by atoms with Crippen molar-refractivity contribution in [2.45, 2.75) is 13.0 Å². The average Bonchev–Trinajstić information content (AvgIpc) is 2.62. The Morgan fingerprint density at radius 3 is 1.96 bits per heavy atom. The second-order valence-corrected chi connectivity index (χ2v) is 5.78. The van der Waals surface area contributed by atoms with Gasteiger partial charge in [-0.25, -0.2) is 0 Å². The molecule has 0 saturated carbocycles. The summed E-state index contributed by atoms with van der Waals surface area (Å²) >= 11 is 5.78. The molecule has 0 bridgehead atoms. The van der Waals surface area contributed by atoms with Gasteiger partial charge in [0.2, 0.25) is 5.91 Å². The van der Waals surface area contributed by atoms with Gasteiger partial charge in [-0.15, -0.1) is 0 Å². The molecule has 2 aromatic rings. The molecule has 1 atom stereocenters. The van der Waals surface area contributed by atoms with E-state index in [1.807, 2.05) is 0 Å². The first-order chi connectivity index (χ1) is 11.9. The molecule has 0 radical (unpaired) electrons. The van der Waals surface area contributed by atoms with E-state index in [4.69, 9.17) is 11.6 Å². The molecule has 0 fully saturated rings. The van der Waals surface area contributed by atoms with Crippen molar-refractivity contribution in [2.75, 3.05) is 12.4 Å². The number of hydrogen-bond donors (Lipinski definition) is 3. The largest absolute Gasteiger partial charge is 0.355 e. The van der Waals surface area contributed by atoms with Crippen LogP contribution >= 0.6 is 11.6 Å². The summed E-state index contributed by atoms with van der Waals surface area (Å²) in [5.41, 5.74) is 1.44. The average molecular weight is 360 g/mol. The molecule has 3 N–H and O–H groups in total. The van der Waals surface area contributed by atoms with E-state index in [-0.39, 0.29) is 17.7 Å². The maximum atomic E-state index is 12.2. The van der Waals surface area contributed by atoms with Crippen LogP contribution in [0.15, 0.2) is 48.5 Å². The first-order valence-corrected chi connectivity index (χ1v) is 7.98. The van der Waals surface area contributed by atoms with E-state index < -0.39 is 6.04 Å². The molecule has 0 aliphatic rings. The summed E-state index contributed by atoms with van der Waals surface area (Å²) in [6.07, 6.45) is 0. The molecule has 0 heterocycles. The number of carbonyl (C=O) groups is 3. The van der Waals surface area contributed by atoms with Crippen LogP contribution in [0, 0.1) is 0 Å². The Hall–Kier alpha value is -2.86. The lowest BCUT2D eigenvalue weighted by atomic mass is 10.1. The van der Waals surface area contributed by atoms with Gasteiger partial charge in [-0.05, 0) is 55.5 Å². The molecule has 1 unspecified atom stereocenters. The van der Waals surface area contributed by atoms with Crippen LogP contribution in [-0.4, -0.2) is 30.8 Å². The lowest BCUT2D eigenvalue weighted by Crippen LogP contribution is -2.41. The molecule has 6 nitrogen and oxygen atoms in total. The fourth-order valence-electron chi connectivity index (χ4n) is 2.05. The minimum absolute atomic E-state index is 0.207. The van der Waals surface area contributed by atoms with E-state index >= 15 is 0 Å². The number of carbonyl (C=O) groups excluding carboxylic acids is 3. The molecular weight excluding hydrogens is 342 g/mol. The lowest BCUT2D eigenvalue weighted by molar-refractivity contribution is -0.117. The predicted molar refractivity (Wildman–Crippen MR) is 96.8 cm³/mol. The Kier molecular flexibility index (Phi) is 6.14. The molecule has 0 spiro atoms. The molecule has 7 heteroatoms. The van der Waals surface area contributed by atoms with Crippen molar-refractivity contribution in [3.05, 3.63) is 64.7 Å². The van der Waals surface area contributed by atoms with Crippen molar-refractivity contribution in [1.29, 1.82) is 0 Å². The van der Waals surface area contributed by atoms with Gasteiger partial charge in [-0.3, -0.25) is 14.4 Å². The SMILES string of the molecule is CNC(=O)c1ccc(NC(=O)C(C)NC(=O)c2ccc(Cl)cc2)cc1. The number of nitrogens with one attached hydrogen (secondary N) is 3. The smallest absolute Gasteiger partial charge is 0.251 e. The van der Waals surface area contributed by atoms with Crippen LogP contribution in [-0.2, 0) is 4.79 Å². The fraction of sp³-hybridized carbons (Fsp3) is 0.167. The highest BCUT2D eigenvalue weighted by molar-refractivity contribution is 6.30. The van der Waals surface area contributed by atoms with E-state index in [0.717, 1.165) is 0 Å². The third-order valence-electron chi connectivity index (χ3n) is 3.49. The van der Waals surface area contributed by atoms with Crippen LogP contribution in [0.2, 0.25) is 5.02 Å². The van der Waals surface area contributed by atoms with Gasteiger partial charge in [0.05, 0.1) is 0 Å². The second-order valence-electron chi connectivity index (χ2n) is 5.35. The molecule has 0 aliphatic carbocycles. The third kappa shape index (κ3) is 5.06. The van der Waals surface area contributed by atoms with Gasteiger partial charge < -0.3 is 16.0 Å². The highest BCUT2D eigenvalue weighted by Crippen LogP contribution is 2.11. The van der Waals surface area contributed by atoms with E-state index in [1.165, 1.54) is 0 Å². The maximum absolute atomic E-state index is 12.2. The Morgan fingerprint density at radius 2 is 1.40 bits per heavy atom. The summed E-state index contributed by atoms with van der Waals surface area (Å²) in [5, 5.41) is 8.35. The van der Waals surface area contributed by atoms with Crippen LogP contribution in [0.1, 0.15) is 27.6 Å². The lowest BCUT2D eigenvalue weighted by Gasteiger charge is -2.14. The van der Waals surface area contributed by atoms with Crippen LogP contribution in [0.5, 0.6) is 0 Å². The highest BCUT2D eigenvalue weighted by atomic mass is 35.5. The zero-order chi connectivity index (χ0) is 18.4. The number of rotatable bonds is 5. The first-order valence-electron chi connectivity index (χ1n) is 7.60. The summed E-state index contributed by atoms with van der Waals surface area (Å²) in [7, 11) is 1.54. The van der Waals surface area contributed by atoms with Crippen molar-refractivity contribution in [3.8, 4) is 0 Å². The van der Waals surface area contributed by atoms with E-state index in [0.29, 0.717) is 21.8 Å². The van der Waals surface area contributed by atoms with Gasteiger partial charge in [-0.1, -0.05) is 11.6 Å². The topological polar surface area (TPSA) is 87.3 Å². The van der Waals surface area contributed by atoms with Crippen LogP contribution in [0.25, 0.3) is 0 Å². The third-order valence-corrected chi connectivity index (χ3v) is 3.74. The Balaban J connectivity index is 1.94. The molecule has 3 amide bonds. The van der Waals surface area contributed by atoms with Crippen molar-refractivity contribution >= 4 is 35.0 Å². The highest BCUT2D eigenvalue weighted by Gasteiger charge is 2.17. The normalized spacial score (nSPS) is 11.3. The van der Waals surface area contributed by atoms with Gasteiger partial charge >= 0.3 is 0 Å². The molecule has 0 aliphatic heterocycles. The summed E-state index contributed by atoms with van der Waals surface area (Å²) in [5.74, 6) is -0.939. The number of hydrogen-bond acceptors (Lipinski definition) is 3. The Morgan fingerprint density at radius 1 is 0.880 bits per heavy atom. The van der Waals surface area contributed by atoms with Gasteiger partial charge in [0.25, 0.3) is 11.8 Å². The molecule has 2 aromatic carbocycles. The van der Waals surface area contributed by atoms with E-state index in [9.17, 15) is 14.4 Å². The monoisotopic (exact) mass is 359 g/mol. The zero-order valence-electron chi connectivity index (χ0n) is 13.8. The molecule has 0 aromatic heterocycles. The van der Waals surface area contributed by atoms with Crippen LogP contribution < -0.4 is 16.0 Å². The van der Waals surface area contributed by atoms with Gasteiger partial charge in [-0.2, -0.15) is 0 Å². The van der Waals surface area contributed by atoms with Gasteiger partial charge in [0, 0.05) is 28.9 Å². The van der Waals surface area contributed by atoms with Gasteiger partial charge in [0.15, 0.2) is 0 Å². The summed E-state index contributed by atoms with van der Waals surface area (Å²) in [6.45, 7) is 1.59. The summed E-state index contributed by atoms with van der Waals surface area (Å²) in [6, 6.07) is 12.1. The van der Waals surface area contributed by atoms with Crippen LogP contribution in [0.3, 0.4) is 0 Å².